The van der Waals surface area contributed by atoms with E-state index in [1.54, 1.807) is 13.8 Å². The Morgan fingerprint density at radius 2 is 1.86 bits per heavy atom. The summed E-state index contributed by atoms with van der Waals surface area (Å²) in [6.45, 7) is 5.07. The van der Waals surface area contributed by atoms with Gasteiger partial charge in [-0.15, -0.1) is 0 Å². The van der Waals surface area contributed by atoms with Gasteiger partial charge in [-0.3, -0.25) is 19.3 Å². The molecule has 1 heterocycles. The normalized spacial score (nSPS) is 16.4. The number of hydrogen-bond donors (Lipinski definition) is 2. The molecule has 0 saturated carbocycles. The second-order valence-electron chi connectivity index (χ2n) is 5.12. The van der Waals surface area contributed by atoms with Crippen LogP contribution in [-0.2, 0) is 19.1 Å². The Kier molecular flexibility index (Phi) is 6.33. The Morgan fingerprint density at radius 3 is 2.36 bits per heavy atom. The smallest absolute Gasteiger partial charge is 0.326 e. The van der Waals surface area contributed by atoms with Crippen LogP contribution in [0.3, 0.4) is 0 Å². The zero-order chi connectivity index (χ0) is 16.8. The third kappa shape index (κ3) is 3.96. The minimum Gasteiger partial charge on any atom is -0.454 e. The molecule has 4 amide bonds. The van der Waals surface area contributed by atoms with Crippen molar-refractivity contribution in [1.29, 1.82) is 0 Å². The van der Waals surface area contributed by atoms with Gasteiger partial charge in [0, 0.05) is 6.54 Å². The molecule has 124 valence electrons. The van der Waals surface area contributed by atoms with Gasteiger partial charge in [0.15, 0.2) is 6.61 Å². The molecule has 0 aliphatic carbocycles. The van der Waals surface area contributed by atoms with E-state index in [-0.39, 0.29) is 0 Å². The predicted octanol–water partition coefficient (Wildman–Crippen LogP) is 0.166. The van der Waals surface area contributed by atoms with Gasteiger partial charge in [-0.1, -0.05) is 20.8 Å². The van der Waals surface area contributed by atoms with Gasteiger partial charge in [-0.05, 0) is 19.3 Å². The molecule has 8 nitrogen and oxygen atoms in total. The molecule has 0 unspecified atom stereocenters. The quantitative estimate of drug-likeness (QED) is 0.491. The molecule has 22 heavy (non-hydrogen) atoms. The van der Waals surface area contributed by atoms with Crippen LogP contribution in [0, 0.1) is 0 Å². The van der Waals surface area contributed by atoms with Crippen LogP contribution in [0.4, 0.5) is 4.79 Å². The fourth-order valence-electron chi connectivity index (χ4n) is 2.19. The first-order valence-corrected chi connectivity index (χ1v) is 7.46. The van der Waals surface area contributed by atoms with Crippen LogP contribution in [0.2, 0.25) is 0 Å². The number of amides is 4. The molecule has 8 heteroatoms. The molecule has 0 aromatic heterocycles. The third-order valence-corrected chi connectivity index (χ3v) is 3.68. The van der Waals surface area contributed by atoms with Crippen molar-refractivity contribution in [2.45, 2.75) is 45.6 Å². The van der Waals surface area contributed by atoms with E-state index in [0.717, 1.165) is 11.3 Å². The molecule has 1 fully saturated rings. The topological polar surface area (TPSA) is 105 Å². The van der Waals surface area contributed by atoms with Crippen molar-refractivity contribution in [3.05, 3.63) is 0 Å². The lowest BCUT2D eigenvalue weighted by Gasteiger charge is -2.22. The highest BCUT2D eigenvalue weighted by Gasteiger charge is 2.49. The molecule has 0 spiro atoms. The van der Waals surface area contributed by atoms with Crippen LogP contribution >= 0.6 is 0 Å². The average molecular weight is 313 g/mol. The third-order valence-electron chi connectivity index (χ3n) is 3.68. The lowest BCUT2D eigenvalue weighted by Crippen LogP contribution is -2.46. The van der Waals surface area contributed by atoms with Gasteiger partial charge in [0.1, 0.15) is 12.1 Å². The van der Waals surface area contributed by atoms with Gasteiger partial charge in [0.05, 0.1) is 0 Å². The highest BCUT2D eigenvalue weighted by atomic mass is 16.5. The minimum atomic E-state index is -0.949. The SMILES string of the molecule is CCCNC(=O)COC(=O)CN1C(=O)NC(CC)(CC)C1=O. The van der Waals surface area contributed by atoms with Gasteiger partial charge in [0.25, 0.3) is 11.8 Å². The second-order valence-corrected chi connectivity index (χ2v) is 5.12. The fraction of sp³-hybridized carbons (Fsp3) is 0.714. The van der Waals surface area contributed by atoms with Gasteiger partial charge < -0.3 is 15.4 Å². The highest BCUT2D eigenvalue weighted by molar-refractivity contribution is 6.08. The molecule has 1 rings (SSSR count). The van der Waals surface area contributed by atoms with Crippen molar-refractivity contribution >= 4 is 23.8 Å². The standard InChI is InChI=1S/C14H23N3O5/c1-4-7-15-10(18)9-22-11(19)8-17-12(20)14(5-2,6-3)16-13(17)21/h4-9H2,1-3H3,(H,15,18)(H,16,21). The largest absolute Gasteiger partial charge is 0.454 e. The first kappa shape index (κ1) is 17.9. The Balaban J connectivity index is 2.53. The molecule has 0 aromatic rings. The summed E-state index contributed by atoms with van der Waals surface area (Å²) < 4.78 is 4.77. The monoisotopic (exact) mass is 313 g/mol. The Morgan fingerprint density at radius 1 is 1.23 bits per heavy atom. The summed E-state index contributed by atoms with van der Waals surface area (Å²) in [5.41, 5.74) is -0.949. The zero-order valence-corrected chi connectivity index (χ0v) is 13.2. The lowest BCUT2D eigenvalue weighted by atomic mass is 9.93. The van der Waals surface area contributed by atoms with Crippen LogP contribution in [0.15, 0.2) is 0 Å². The summed E-state index contributed by atoms with van der Waals surface area (Å²) in [7, 11) is 0. The summed E-state index contributed by atoms with van der Waals surface area (Å²) >= 11 is 0. The first-order chi connectivity index (χ1) is 10.4. The molecule has 1 saturated heterocycles. The maximum absolute atomic E-state index is 12.3. The number of hydrogen-bond acceptors (Lipinski definition) is 5. The molecule has 2 N–H and O–H groups in total. The van der Waals surface area contributed by atoms with E-state index < -0.39 is 42.5 Å². The molecular formula is C14H23N3O5. The van der Waals surface area contributed by atoms with Crippen LogP contribution < -0.4 is 10.6 Å². The molecule has 0 bridgehead atoms. The first-order valence-electron chi connectivity index (χ1n) is 7.46. The lowest BCUT2D eigenvalue weighted by molar-refractivity contribution is -0.151. The number of nitrogens with one attached hydrogen (secondary N) is 2. The number of carbonyl (C=O) groups excluding carboxylic acids is 4. The summed E-state index contributed by atoms with van der Waals surface area (Å²) in [4.78, 5) is 47.9. The van der Waals surface area contributed by atoms with E-state index in [0.29, 0.717) is 19.4 Å². The number of imide groups is 1. The van der Waals surface area contributed by atoms with Crippen molar-refractivity contribution < 1.29 is 23.9 Å². The van der Waals surface area contributed by atoms with Crippen molar-refractivity contribution in [1.82, 2.24) is 15.5 Å². The minimum absolute atomic E-state index is 0.413. The van der Waals surface area contributed by atoms with Crippen LogP contribution in [0.25, 0.3) is 0 Å². The molecule has 1 aliphatic heterocycles. The number of urea groups is 1. The number of nitrogens with zero attached hydrogens (tertiary/aromatic N) is 1. The van der Waals surface area contributed by atoms with Gasteiger partial charge in [-0.25, -0.2) is 4.79 Å². The van der Waals surface area contributed by atoms with Gasteiger partial charge in [-0.2, -0.15) is 0 Å². The number of esters is 1. The molecule has 1 aliphatic rings. The molecule has 0 radical (unpaired) electrons. The average Bonchev–Trinajstić information content (AvgIpc) is 2.75. The summed E-state index contributed by atoms with van der Waals surface area (Å²) in [6.07, 6.45) is 1.66. The summed E-state index contributed by atoms with van der Waals surface area (Å²) in [5, 5.41) is 5.17. The molecule has 0 aromatic carbocycles. The molecule has 0 atom stereocenters. The van der Waals surface area contributed by atoms with E-state index in [1.165, 1.54) is 0 Å². The number of ether oxygens (including phenoxy) is 1. The van der Waals surface area contributed by atoms with E-state index in [4.69, 9.17) is 4.74 Å². The van der Waals surface area contributed by atoms with Crippen LogP contribution in [0.5, 0.6) is 0 Å². The van der Waals surface area contributed by atoms with Crippen molar-refractivity contribution in [3.63, 3.8) is 0 Å². The van der Waals surface area contributed by atoms with Crippen molar-refractivity contribution in [2.24, 2.45) is 0 Å². The maximum Gasteiger partial charge on any atom is 0.326 e. The van der Waals surface area contributed by atoms with E-state index in [9.17, 15) is 19.2 Å². The Hall–Kier alpha value is -2.12. The van der Waals surface area contributed by atoms with Crippen LogP contribution in [-0.4, -0.2) is 54.0 Å². The van der Waals surface area contributed by atoms with E-state index >= 15 is 0 Å². The summed E-state index contributed by atoms with van der Waals surface area (Å²) in [6, 6.07) is -0.610. The van der Waals surface area contributed by atoms with Gasteiger partial charge in [0.2, 0.25) is 0 Å². The van der Waals surface area contributed by atoms with Crippen molar-refractivity contribution in [3.8, 4) is 0 Å². The Labute approximate surface area is 129 Å². The highest BCUT2D eigenvalue weighted by Crippen LogP contribution is 2.24. The van der Waals surface area contributed by atoms with E-state index in [1.807, 2.05) is 6.92 Å². The summed E-state index contributed by atoms with van der Waals surface area (Å²) in [5.74, 6) is -1.64. The van der Waals surface area contributed by atoms with Gasteiger partial charge >= 0.3 is 12.0 Å². The second kappa shape index (κ2) is 7.77. The van der Waals surface area contributed by atoms with Crippen LogP contribution in [0.1, 0.15) is 40.0 Å². The number of rotatable bonds is 8. The Bertz CT molecular complexity index is 459. The number of carbonyl (C=O) groups is 4. The van der Waals surface area contributed by atoms with E-state index in [2.05, 4.69) is 10.6 Å². The molecular weight excluding hydrogens is 290 g/mol. The fourth-order valence-corrected chi connectivity index (χ4v) is 2.19. The van der Waals surface area contributed by atoms with Crippen molar-refractivity contribution in [2.75, 3.05) is 19.7 Å². The maximum atomic E-state index is 12.3. The predicted molar refractivity (Wildman–Crippen MR) is 77.8 cm³/mol. The zero-order valence-electron chi connectivity index (χ0n) is 13.2.